The Bertz CT molecular complexity index is 472. The second-order valence-electron chi connectivity index (χ2n) is 3.15. The number of nitrogens with zero attached hydrogens (tertiary/aromatic N) is 1. The van der Waals surface area contributed by atoms with E-state index in [4.69, 9.17) is 10.00 Å². The minimum atomic E-state index is -0.264. The highest BCUT2D eigenvalue weighted by Crippen LogP contribution is 2.23. The largest absolute Gasteiger partial charge is 0.493 e. The highest BCUT2D eigenvalue weighted by molar-refractivity contribution is 6.03. The molecule has 1 aromatic carbocycles. The van der Waals surface area contributed by atoms with Crippen LogP contribution in [0.3, 0.4) is 0 Å². The number of Topliss-reactive ketones (excluding diaryl/α,β-unsaturated/α-hetero) is 1. The Kier molecular flexibility index (Phi) is 3.78. The van der Waals surface area contributed by atoms with Crippen molar-refractivity contribution >= 4 is 12.1 Å². The minimum absolute atomic E-state index is 0.202. The van der Waals surface area contributed by atoms with Crippen LogP contribution in [0.4, 0.5) is 0 Å². The Balaban J connectivity index is 3.47. The molecule has 0 radical (unpaired) electrons. The maximum absolute atomic E-state index is 11.3. The van der Waals surface area contributed by atoms with E-state index in [1.165, 1.54) is 19.1 Å². The number of ketones is 1. The molecule has 82 valence electrons. The van der Waals surface area contributed by atoms with E-state index in [2.05, 4.69) is 0 Å². The molecule has 0 bridgehead atoms. The molecule has 4 nitrogen and oxygen atoms in total. The Morgan fingerprint density at radius 2 is 2.25 bits per heavy atom. The van der Waals surface area contributed by atoms with E-state index in [1.807, 2.05) is 6.07 Å². The van der Waals surface area contributed by atoms with Gasteiger partial charge in [-0.05, 0) is 26.0 Å². The summed E-state index contributed by atoms with van der Waals surface area (Å²) in [4.78, 5) is 22.2. The van der Waals surface area contributed by atoms with E-state index < -0.39 is 0 Å². The highest BCUT2D eigenvalue weighted by atomic mass is 16.5. The van der Waals surface area contributed by atoms with Crippen molar-refractivity contribution < 1.29 is 14.3 Å². The fourth-order valence-corrected chi connectivity index (χ4v) is 1.38. The van der Waals surface area contributed by atoms with Crippen LogP contribution in [0.1, 0.15) is 40.1 Å². The molecule has 0 fully saturated rings. The molecule has 1 aromatic rings. The lowest BCUT2D eigenvalue weighted by Crippen LogP contribution is -2.04. The smallest absolute Gasteiger partial charge is 0.160 e. The molecular weight excluding hydrogens is 206 g/mol. The number of nitriles is 1. The van der Waals surface area contributed by atoms with Gasteiger partial charge in [-0.2, -0.15) is 5.26 Å². The topological polar surface area (TPSA) is 67.2 Å². The van der Waals surface area contributed by atoms with E-state index in [0.29, 0.717) is 18.5 Å². The van der Waals surface area contributed by atoms with Crippen molar-refractivity contribution in [1.82, 2.24) is 0 Å². The van der Waals surface area contributed by atoms with Crippen LogP contribution in [0, 0.1) is 11.3 Å². The zero-order valence-electron chi connectivity index (χ0n) is 9.11. The molecule has 0 aromatic heterocycles. The monoisotopic (exact) mass is 217 g/mol. The highest BCUT2D eigenvalue weighted by Gasteiger charge is 2.14. The number of aldehydes is 1. The summed E-state index contributed by atoms with van der Waals surface area (Å²) in [7, 11) is 0. The summed E-state index contributed by atoms with van der Waals surface area (Å²) in [6, 6.07) is 4.78. The van der Waals surface area contributed by atoms with Gasteiger partial charge in [0.1, 0.15) is 5.75 Å². The molecule has 0 aliphatic carbocycles. The second kappa shape index (κ2) is 5.08. The van der Waals surface area contributed by atoms with Crippen LogP contribution in [0.25, 0.3) is 0 Å². The Hall–Kier alpha value is -2.15. The summed E-state index contributed by atoms with van der Waals surface area (Å²) in [5.41, 5.74) is 0.727. The van der Waals surface area contributed by atoms with Crippen LogP contribution in [-0.4, -0.2) is 18.7 Å². The van der Waals surface area contributed by atoms with Gasteiger partial charge in [-0.3, -0.25) is 9.59 Å². The van der Waals surface area contributed by atoms with E-state index in [0.717, 1.165) is 0 Å². The number of carbonyl (C=O) groups is 2. The number of hydrogen-bond acceptors (Lipinski definition) is 4. The molecule has 0 saturated carbocycles. The van der Waals surface area contributed by atoms with Gasteiger partial charge in [0, 0.05) is 5.56 Å². The first-order chi connectivity index (χ1) is 7.63. The Morgan fingerprint density at radius 3 is 2.69 bits per heavy atom. The van der Waals surface area contributed by atoms with Crippen LogP contribution in [0.15, 0.2) is 12.1 Å². The summed E-state index contributed by atoms with van der Waals surface area (Å²) in [6.45, 7) is 3.48. The first-order valence-electron chi connectivity index (χ1n) is 4.81. The van der Waals surface area contributed by atoms with Crippen molar-refractivity contribution in [2.45, 2.75) is 13.8 Å². The summed E-state index contributed by atoms with van der Waals surface area (Å²) in [6.07, 6.45) is 0.572. The van der Waals surface area contributed by atoms with Gasteiger partial charge < -0.3 is 4.74 Å². The fraction of sp³-hybridized carbons (Fsp3) is 0.250. The number of benzene rings is 1. The molecule has 0 aliphatic rings. The van der Waals surface area contributed by atoms with Gasteiger partial charge in [0.25, 0.3) is 0 Å². The fourth-order valence-electron chi connectivity index (χ4n) is 1.38. The molecule has 0 atom stereocenters. The van der Waals surface area contributed by atoms with Gasteiger partial charge in [0.2, 0.25) is 0 Å². The van der Waals surface area contributed by atoms with E-state index in [-0.39, 0.29) is 22.7 Å². The zero-order valence-corrected chi connectivity index (χ0v) is 9.11. The van der Waals surface area contributed by atoms with Crippen molar-refractivity contribution in [3.05, 3.63) is 28.8 Å². The van der Waals surface area contributed by atoms with Gasteiger partial charge in [0.15, 0.2) is 12.1 Å². The molecule has 0 unspecified atom stereocenters. The summed E-state index contributed by atoms with van der Waals surface area (Å²) < 4.78 is 5.23. The Labute approximate surface area is 93.5 Å². The number of carbonyl (C=O) groups excluding carboxylic acids is 2. The third-order valence-corrected chi connectivity index (χ3v) is 2.07. The van der Waals surface area contributed by atoms with Gasteiger partial charge in [-0.15, -0.1) is 0 Å². The van der Waals surface area contributed by atoms with Gasteiger partial charge in [0.05, 0.1) is 23.8 Å². The number of hydrogen-bond donors (Lipinski definition) is 0. The standard InChI is InChI=1S/C12H11NO3/c1-3-16-12-5-9(6-13)4-10(8(2)15)11(12)7-14/h4-5,7H,3H2,1-2H3. The predicted octanol–water partition coefficient (Wildman–Crippen LogP) is 1.97. The van der Waals surface area contributed by atoms with Crippen molar-refractivity contribution in [3.63, 3.8) is 0 Å². The number of ether oxygens (including phenoxy) is 1. The molecule has 0 saturated heterocycles. The van der Waals surface area contributed by atoms with Gasteiger partial charge in [-0.25, -0.2) is 0 Å². The quantitative estimate of drug-likeness (QED) is 0.571. The average molecular weight is 217 g/mol. The van der Waals surface area contributed by atoms with Crippen LogP contribution in [-0.2, 0) is 0 Å². The first kappa shape index (κ1) is 11.9. The Morgan fingerprint density at radius 1 is 1.56 bits per heavy atom. The second-order valence-corrected chi connectivity index (χ2v) is 3.15. The maximum atomic E-state index is 11.3. The predicted molar refractivity (Wildman–Crippen MR) is 57.7 cm³/mol. The third-order valence-electron chi connectivity index (χ3n) is 2.07. The lowest BCUT2D eigenvalue weighted by Gasteiger charge is -2.09. The van der Waals surface area contributed by atoms with E-state index >= 15 is 0 Å². The first-order valence-corrected chi connectivity index (χ1v) is 4.81. The lowest BCUT2D eigenvalue weighted by molar-refractivity contribution is 0.100. The van der Waals surface area contributed by atoms with Crippen LogP contribution in [0.5, 0.6) is 5.75 Å². The van der Waals surface area contributed by atoms with Crippen LogP contribution in [0.2, 0.25) is 0 Å². The van der Waals surface area contributed by atoms with Gasteiger partial charge in [-0.1, -0.05) is 0 Å². The summed E-state index contributed by atoms with van der Waals surface area (Å²) in [5.74, 6) is 0.0157. The number of rotatable bonds is 4. The molecule has 0 amide bonds. The van der Waals surface area contributed by atoms with Crippen molar-refractivity contribution in [2.75, 3.05) is 6.61 Å². The summed E-state index contributed by atoms with van der Waals surface area (Å²) >= 11 is 0. The molecule has 4 heteroatoms. The molecule has 0 aliphatic heterocycles. The van der Waals surface area contributed by atoms with Crippen molar-refractivity contribution in [2.24, 2.45) is 0 Å². The van der Waals surface area contributed by atoms with Crippen LogP contribution >= 0.6 is 0 Å². The molecule has 0 N–H and O–H groups in total. The van der Waals surface area contributed by atoms with Gasteiger partial charge >= 0.3 is 0 Å². The summed E-state index contributed by atoms with van der Waals surface area (Å²) in [5, 5.41) is 8.79. The van der Waals surface area contributed by atoms with Crippen molar-refractivity contribution in [3.8, 4) is 11.8 Å². The van der Waals surface area contributed by atoms with E-state index in [1.54, 1.807) is 6.92 Å². The SMILES string of the molecule is CCOc1cc(C#N)cc(C(C)=O)c1C=O. The third kappa shape index (κ3) is 2.26. The molecule has 0 heterocycles. The average Bonchev–Trinajstić information content (AvgIpc) is 2.28. The van der Waals surface area contributed by atoms with E-state index in [9.17, 15) is 9.59 Å². The minimum Gasteiger partial charge on any atom is -0.493 e. The zero-order chi connectivity index (χ0) is 12.1. The normalized spacial score (nSPS) is 9.31. The molecule has 1 rings (SSSR count). The molecule has 0 spiro atoms. The molecular formula is C12H11NO3. The van der Waals surface area contributed by atoms with Crippen LogP contribution < -0.4 is 4.74 Å². The lowest BCUT2D eigenvalue weighted by atomic mass is 10.0. The maximum Gasteiger partial charge on any atom is 0.160 e. The van der Waals surface area contributed by atoms with Crippen molar-refractivity contribution in [1.29, 1.82) is 5.26 Å². The molecule has 16 heavy (non-hydrogen) atoms.